The van der Waals surface area contributed by atoms with Gasteiger partial charge in [0.15, 0.2) is 0 Å². The second-order valence-electron chi connectivity index (χ2n) is 4.97. The van der Waals surface area contributed by atoms with E-state index in [0.717, 1.165) is 30.8 Å². The van der Waals surface area contributed by atoms with Crippen LogP contribution in [0.5, 0.6) is 0 Å². The zero-order chi connectivity index (χ0) is 12.8. The van der Waals surface area contributed by atoms with Crippen molar-refractivity contribution in [3.8, 4) is 0 Å². The normalized spacial score (nSPS) is 14.8. The minimum atomic E-state index is 0. The first-order chi connectivity index (χ1) is 8.75. The Hall–Kier alpha value is -0.840. The molecule has 2 heterocycles. The minimum Gasteiger partial charge on any atom is -0.325 e. The molecule has 1 saturated heterocycles. The van der Waals surface area contributed by atoms with Gasteiger partial charge in [-0.3, -0.25) is 9.78 Å². The minimum absolute atomic E-state index is 0. The number of nitrogens with zero attached hydrogens (tertiary/aromatic N) is 1. The van der Waals surface area contributed by atoms with Crippen molar-refractivity contribution >= 4 is 36.4 Å². The Kier molecular flexibility index (Phi) is 9.55. The van der Waals surface area contributed by atoms with Crippen LogP contribution in [0.4, 0.5) is 5.69 Å². The second-order valence-corrected chi connectivity index (χ2v) is 4.97. The number of rotatable bonds is 4. The van der Waals surface area contributed by atoms with Crippen LogP contribution in [-0.4, -0.2) is 24.0 Å². The Morgan fingerprint density at radius 2 is 2.10 bits per heavy atom. The van der Waals surface area contributed by atoms with Crippen LogP contribution in [0.25, 0.3) is 0 Å². The highest BCUT2D eigenvalue weighted by molar-refractivity contribution is 5.91. The summed E-state index contributed by atoms with van der Waals surface area (Å²) in [4.78, 5) is 15.9. The number of carbonyl (C=O) groups is 1. The van der Waals surface area contributed by atoms with Crippen molar-refractivity contribution < 1.29 is 4.79 Å². The second kappa shape index (κ2) is 9.97. The fraction of sp³-hybridized carbons (Fsp3) is 0.571. The molecule has 2 rings (SSSR count). The molecule has 2 N–H and O–H groups in total. The Morgan fingerprint density at radius 3 is 2.75 bits per heavy atom. The number of aryl methyl sites for hydroxylation is 1. The molecule has 114 valence electrons. The van der Waals surface area contributed by atoms with Crippen LogP contribution in [-0.2, 0) is 4.79 Å². The summed E-state index contributed by atoms with van der Waals surface area (Å²) >= 11 is 0. The van der Waals surface area contributed by atoms with Crippen molar-refractivity contribution in [2.75, 3.05) is 18.4 Å². The third-order valence-corrected chi connectivity index (χ3v) is 3.55. The van der Waals surface area contributed by atoms with Gasteiger partial charge in [0, 0.05) is 12.6 Å². The van der Waals surface area contributed by atoms with Crippen LogP contribution in [0.1, 0.15) is 31.2 Å². The topological polar surface area (TPSA) is 54.0 Å². The molecule has 0 spiro atoms. The van der Waals surface area contributed by atoms with Gasteiger partial charge in [0.25, 0.3) is 0 Å². The summed E-state index contributed by atoms with van der Waals surface area (Å²) in [5.41, 5.74) is 1.88. The average molecular weight is 320 g/mol. The Morgan fingerprint density at radius 1 is 1.40 bits per heavy atom. The average Bonchev–Trinajstić information content (AvgIpc) is 2.40. The first-order valence-electron chi connectivity index (χ1n) is 6.67. The maximum atomic E-state index is 11.9. The van der Waals surface area contributed by atoms with E-state index < -0.39 is 0 Å². The van der Waals surface area contributed by atoms with Crippen molar-refractivity contribution in [2.24, 2.45) is 5.92 Å². The van der Waals surface area contributed by atoms with Crippen molar-refractivity contribution in [1.29, 1.82) is 0 Å². The predicted octanol–water partition coefficient (Wildman–Crippen LogP) is 2.95. The van der Waals surface area contributed by atoms with Crippen LogP contribution in [0.3, 0.4) is 0 Å². The maximum Gasteiger partial charge on any atom is 0.224 e. The summed E-state index contributed by atoms with van der Waals surface area (Å²) in [6, 6.07) is 1.91. The van der Waals surface area contributed by atoms with Crippen LogP contribution in [0.2, 0.25) is 0 Å². The van der Waals surface area contributed by atoms with E-state index in [1.165, 1.54) is 12.8 Å². The number of anilines is 1. The molecule has 0 atom stereocenters. The number of piperidine rings is 1. The molecule has 0 bridgehead atoms. The SMILES string of the molecule is Cc1ccncc1NC(=O)CCC1CCNCC1.Cl.Cl. The lowest BCUT2D eigenvalue weighted by atomic mass is 9.93. The fourth-order valence-electron chi connectivity index (χ4n) is 2.31. The summed E-state index contributed by atoms with van der Waals surface area (Å²) < 4.78 is 0. The first kappa shape index (κ1) is 19.2. The van der Waals surface area contributed by atoms with Crippen molar-refractivity contribution in [2.45, 2.75) is 32.6 Å². The van der Waals surface area contributed by atoms with Gasteiger partial charge in [0.2, 0.25) is 5.91 Å². The molecular weight excluding hydrogens is 297 g/mol. The highest BCUT2D eigenvalue weighted by atomic mass is 35.5. The molecule has 0 aliphatic carbocycles. The van der Waals surface area contributed by atoms with Crippen LogP contribution in [0.15, 0.2) is 18.5 Å². The molecule has 1 aliphatic heterocycles. The zero-order valence-corrected chi connectivity index (χ0v) is 13.4. The number of nitrogens with one attached hydrogen (secondary N) is 2. The van der Waals surface area contributed by atoms with E-state index in [1.54, 1.807) is 12.4 Å². The van der Waals surface area contributed by atoms with Crippen LogP contribution < -0.4 is 10.6 Å². The predicted molar refractivity (Wildman–Crippen MR) is 86.9 cm³/mol. The van der Waals surface area contributed by atoms with Gasteiger partial charge < -0.3 is 10.6 Å². The Bertz CT molecular complexity index is 409. The monoisotopic (exact) mass is 319 g/mol. The Balaban J connectivity index is 0.00000180. The van der Waals surface area contributed by atoms with Crippen molar-refractivity contribution in [1.82, 2.24) is 10.3 Å². The molecule has 20 heavy (non-hydrogen) atoms. The molecule has 1 aromatic heterocycles. The molecule has 0 aromatic carbocycles. The standard InChI is InChI=1S/C14H21N3O.2ClH/c1-11-4-7-16-10-13(11)17-14(18)3-2-12-5-8-15-9-6-12;;/h4,7,10,12,15H,2-3,5-6,8-9H2,1H3,(H,17,18);2*1H. The molecule has 1 aromatic rings. The smallest absolute Gasteiger partial charge is 0.224 e. The van der Waals surface area contributed by atoms with E-state index in [4.69, 9.17) is 0 Å². The number of pyridine rings is 1. The molecule has 4 nitrogen and oxygen atoms in total. The summed E-state index contributed by atoms with van der Waals surface area (Å²) in [6.45, 7) is 4.16. The largest absolute Gasteiger partial charge is 0.325 e. The third-order valence-electron chi connectivity index (χ3n) is 3.55. The van der Waals surface area contributed by atoms with E-state index >= 15 is 0 Å². The van der Waals surface area contributed by atoms with Gasteiger partial charge in [-0.1, -0.05) is 0 Å². The van der Waals surface area contributed by atoms with Crippen molar-refractivity contribution in [3.63, 3.8) is 0 Å². The van der Waals surface area contributed by atoms with Gasteiger partial charge in [-0.15, -0.1) is 24.8 Å². The van der Waals surface area contributed by atoms with Gasteiger partial charge in [-0.05, 0) is 56.8 Å². The molecule has 1 aliphatic rings. The number of amides is 1. The summed E-state index contributed by atoms with van der Waals surface area (Å²) in [5, 5.41) is 6.27. The quantitative estimate of drug-likeness (QED) is 0.897. The Labute approximate surface area is 132 Å². The lowest BCUT2D eigenvalue weighted by Gasteiger charge is -2.22. The molecule has 1 amide bonds. The van der Waals surface area contributed by atoms with E-state index in [-0.39, 0.29) is 30.7 Å². The first-order valence-corrected chi connectivity index (χ1v) is 6.67. The molecule has 0 saturated carbocycles. The summed E-state index contributed by atoms with van der Waals surface area (Å²) in [5.74, 6) is 0.802. The molecule has 6 heteroatoms. The number of halogens is 2. The fourth-order valence-corrected chi connectivity index (χ4v) is 2.31. The van der Waals surface area contributed by atoms with E-state index in [9.17, 15) is 4.79 Å². The van der Waals surface area contributed by atoms with E-state index in [1.807, 2.05) is 13.0 Å². The number of hydrogen-bond donors (Lipinski definition) is 2. The number of carbonyl (C=O) groups excluding carboxylic acids is 1. The summed E-state index contributed by atoms with van der Waals surface area (Å²) in [6.07, 6.45) is 7.43. The van der Waals surface area contributed by atoms with Gasteiger partial charge in [0.05, 0.1) is 11.9 Å². The van der Waals surface area contributed by atoms with Gasteiger partial charge in [-0.25, -0.2) is 0 Å². The van der Waals surface area contributed by atoms with Gasteiger partial charge in [0.1, 0.15) is 0 Å². The third kappa shape index (κ3) is 6.07. The van der Waals surface area contributed by atoms with Gasteiger partial charge >= 0.3 is 0 Å². The molecule has 0 unspecified atom stereocenters. The number of aromatic nitrogens is 1. The lowest BCUT2D eigenvalue weighted by Crippen LogP contribution is -2.28. The molecule has 0 radical (unpaired) electrons. The molecular formula is C14H23Cl2N3O. The summed E-state index contributed by atoms with van der Waals surface area (Å²) in [7, 11) is 0. The molecule has 1 fully saturated rings. The highest BCUT2D eigenvalue weighted by Gasteiger charge is 2.14. The lowest BCUT2D eigenvalue weighted by molar-refractivity contribution is -0.116. The highest BCUT2D eigenvalue weighted by Crippen LogP contribution is 2.18. The maximum absolute atomic E-state index is 11.9. The van der Waals surface area contributed by atoms with Crippen LogP contribution in [0, 0.1) is 12.8 Å². The number of hydrogen-bond acceptors (Lipinski definition) is 3. The van der Waals surface area contributed by atoms with Crippen molar-refractivity contribution in [3.05, 3.63) is 24.0 Å². The van der Waals surface area contributed by atoms with E-state index in [2.05, 4.69) is 15.6 Å². The van der Waals surface area contributed by atoms with Gasteiger partial charge in [-0.2, -0.15) is 0 Å². The van der Waals surface area contributed by atoms with Crippen LogP contribution >= 0.6 is 24.8 Å². The van der Waals surface area contributed by atoms with E-state index in [0.29, 0.717) is 12.3 Å². The zero-order valence-electron chi connectivity index (χ0n) is 11.7.